The summed E-state index contributed by atoms with van der Waals surface area (Å²) < 4.78 is 39.1. The van der Waals surface area contributed by atoms with Gasteiger partial charge in [-0.05, 0) is 25.0 Å². The van der Waals surface area contributed by atoms with E-state index in [1.807, 2.05) is 0 Å². The maximum Gasteiger partial charge on any atom is 0.417 e. The summed E-state index contributed by atoms with van der Waals surface area (Å²) in [5.74, 6) is -0.355. The maximum atomic E-state index is 13.0. The number of carbonyl (C=O) groups is 1. The lowest BCUT2D eigenvalue weighted by atomic mass is 10.0. The number of halogens is 4. The fourth-order valence-electron chi connectivity index (χ4n) is 2.83. The number of nitrogens with zero attached hydrogens (tertiary/aromatic N) is 1. The molecule has 0 atom stereocenters. The van der Waals surface area contributed by atoms with Crippen molar-refractivity contribution in [3.05, 3.63) is 35.4 Å². The van der Waals surface area contributed by atoms with E-state index in [0.29, 0.717) is 0 Å². The van der Waals surface area contributed by atoms with Crippen LogP contribution in [0, 0.1) is 0 Å². The molecule has 0 aromatic heterocycles. The summed E-state index contributed by atoms with van der Waals surface area (Å²) in [6.07, 6.45) is -0.877. The number of amides is 1. The highest BCUT2D eigenvalue weighted by atomic mass is 35.5. The lowest BCUT2D eigenvalue weighted by Crippen LogP contribution is -2.41. The fourth-order valence-corrected chi connectivity index (χ4v) is 3.01. The van der Waals surface area contributed by atoms with Gasteiger partial charge in [-0.2, -0.15) is 13.2 Å². The molecule has 6 heteroatoms. The van der Waals surface area contributed by atoms with Gasteiger partial charge < -0.3 is 4.90 Å². The molecule has 0 spiro atoms. The Labute approximate surface area is 126 Å². The third-order valence-electron chi connectivity index (χ3n) is 3.81. The van der Waals surface area contributed by atoms with Crippen LogP contribution in [0.3, 0.4) is 0 Å². The fraction of sp³-hybridized carbons (Fsp3) is 0.533. The van der Waals surface area contributed by atoms with E-state index in [9.17, 15) is 18.0 Å². The Kier molecular flexibility index (Phi) is 5.14. The van der Waals surface area contributed by atoms with E-state index in [1.54, 1.807) is 0 Å². The minimum Gasteiger partial charge on any atom is -0.334 e. The average Bonchev–Trinajstić information content (AvgIpc) is 2.97. The second-order valence-corrected chi connectivity index (χ2v) is 5.55. The van der Waals surface area contributed by atoms with Gasteiger partial charge in [0.2, 0.25) is 0 Å². The summed E-state index contributed by atoms with van der Waals surface area (Å²) in [5, 5.41) is 0. The molecular weight excluding hydrogens is 303 g/mol. The number of benzene rings is 1. The van der Waals surface area contributed by atoms with E-state index < -0.39 is 17.6 Å². The molecule has 1 aliphatic carbocycles. The van der Waals surface area contributed by atoms with Crippen LogP contribution in [0.4, 0.5) is 13.2 Å². The Bertz CT molecular complexity index is 498. The molecule has 1 aromatic carbocycles. The molecule has 0 unspecified atom stereocenters. The maximum absolute atomic E-state index is 13.0. The van der Waals surface area contributed by atoms with E-state index in [0.717, 1.165) is 31.7 Å². The second kappa shape index (κ2) is 6.69. The van der Waals surface area contributed by atoms with E-state index >= 15 is 0 Å². The third-order valence-corrected chi connectivity index (χ3v) is 3.98. The topological polar surface area (TPSA) is 20.3 Å². The van der Waals surface area contributed by atoms with Gasteiger partial charge in [0.15, 0.2) is 0 Å². The molecule has 1 aromatic rings. The quantitative estimate of drug-likeness (QED) is 0.756. The van der Waals surface area contributed by atoms with Gasteiger partial charge in [-0.3, -0.25) is 4.79 Å². The molecular formula is C15H17ClF3NO. The Hall–Kier alpha value is -1.23. The minimum absolute atomic E-state index is 0.00228. The van der Waals surface area contributed by atoms with Crippen molar-refractivity contribution >= 4 is 17.5 Å². The number of rotatable bonds is 4. The highest BCUT2D eigenvalue weighted by molar-refractivity contribution is 6.18. The standard InChI is InChI=1S/C15H17ClF3NO/c16-9-10-20(11-5-1-2-6-11)14(21)12-7-3-4-8-13(12)15(17,18)19/h3-4,7-8,11H,1-2,5-6,9-10H2. The average molecular weight is 320 g/mol. The van der Waals surface area contributed by atoms with Gasteiger partial charge in [-0.15, -0.1) is 11.6 Å². The molecule has 0 bridgehead atoms. The van der Waals surface area contributed by atoms with Crippen LogP contribution in [0.1, 0.15) is 41.6 Å². The molecule has 2 nitrogen and oxygen atoms in total. The first-order valence-corrected chi connectivity index (χ1v) is 7.51. The predicted molar refractivity (Wildman–Crippen MR) is 75.5 cm³/mol. The third kappa shape index (κ3) is 3.70. The predicted octanol–water partition coefficient (Wildman–Crippen LogP) is 4.33. The Balaban J connectivity index is 2.32. The van der Waals surface area contributed by atoms with Crippen molar-refractivity contribution in [2.45, 2.75) is 37.9 Å². The van der Waals surface area contributed by atoms with Crippen molar-refractivity contribution in [3.63, 3.8) is 0 Å². The molecule has 1 amide bonds. The molecule has 0 heterocycles. The van der Waals surface area contributed by atoms with Crippen molar-refractivity contribution < 1.29 is 18.0 Å². The highest BCUT2D eigenvalue weighted by Crippen LogP contribution is 2.33. The lowest BCUT2D eigenvalue weighted by molar-refractivity contribution is -0.138. The molecule has 116 valence electrons. The zero-order valence-corrected chi connectivity index (χ0v) is 12.3. The number of hydrogen-bond acceptors (Lipinski definition) is 1. The first-order chi connectivity index (χ1) is 9.95. The van der Waals surface area contributed by atoms with Gasteiger partial charge in [0, 0.05) is 18.5 Å². The second-order valence-electron chi connectivity index (χ2n) is 5.17. The van der Waals surface area contributed by atoms with E-state index in [-0.39, 0.29) is 24.0 Å². The Morgan fingerprint density at radius 2 is 1.86 bits per heavy atom. The molecule has 1 fully saturated rings. The van der Waals surface area contributed by atoms with Gasteiger partial charge in [0.25, 0.3) is 5.91 Å². The summed E-state index contributed by atoms with van der Waals surface area (Å²) in [6.45, 7) is 0.275. The molecule has 0 radical (unpaired) electrons. The Morgan fingerprint density at radius 1 is 1.24 bits per heavy atom. The van der Waals surface area contributed by atoms with E-state index in [4.69, 9.17) is 11.6 Å². The van der Waals surface area contributed by atoms with Gasteiger partial charge >= 0.3 is 6.18 Å². The van der Waals surface area contributed by atoms with Gasteiger partial charge in [0.05, 0.1) is 11.1 Å². The van der Waals surface area contributed by atoms with Crippen molar-refractivity contribution in [1.29, 1.82) is 0 Å². The number of hydrogen-bond donors (Lipinski definition) is 0. The van der Waals surface area contributed by atoms with Crippen molar-refractivity contribution in [1.82, 2.24) is 4.90 Å². The number of carbonyl (C=O) groups excluding carboxylic acids is 1. The van der Waals surface area contributed by atoms with Gasteiger partial charge in [-0.25, -0.2) is 0 Å². The van der Waals surface area contributed by atoms with Crippen LogP contribution in [0.15, 0.2) is 24.3 Å². The lowest BCUT2D eigenvalue weighted by Gasteiger charge is -2.29. The molecule has 0 aliphatic heterocycles. The zero-order chi connectivity index (χ0) is 15.5. The Morgan fingerprint density at radius 3 is 2.43 bits per heavy atom. The van der Waals surface area contributed by atoms with Crippen LogP contribution < -0.4 is 0 Å². The SMILES string of the molecule is O=C(c1ccccc1C(F)(F)F)N(CCCl)C1CCCC1. The van der Waals surface area contributed by atoms with Gasteiger partial charge in [0.1, 0.15) is 0 Å². The van der Waals surface area contributed by atoms with Crippen molar-refractivity contribution in [2.24, 2.45) is 0 Å². The molecule has 0 saturated heterocycles. The summed E-state index contributed by atoms with van der Waals surface area (Å²) in [7, 11) is 0. The first kappa shape index (κ1) is 16.1. The molecule has 2 rings (SSSR count). The monoisotopic (exact) mass is 319 g/mol. The summed E-state index contributed by atoms with van der Waals surface area (Å²) in [5.41, 5.74) is -1.17. The molecule has 0 N–H and O–H groups in total. The van der Waals surface area contributed by atoms with Crippen LogP contribution >= 0.6 is 11.6 Å². The van der Waals surface area contributed by atoms with Gasteiger partial charge in [-0.1, -0.05) is 25.0 Å². The largest absolute Gasteiger partial charge is 0.417 e. The normalized spacial score (nSPS) is 16.2. The highest BCUT2D eigenvalue weighted by Gasteiger charge is 2.37. The molecule has 21 heavy (non-hydrogen) atoms. The van der Waals surface area contributed by atoms with Crippen molar-refractivity contribution in [2.75, 3.05) is 12.4 Å². The van der Waals surface area contributed by atoms with Crippen molar-refractivity contribution in [3.8, 4) is 0 Å². The van der Waals surface area contributed by atoms with Crippen LogP contribution in [-0.4, -0.2) is 29.3 Å². The van der Waals surface area contributed by atoms with E-state index in [2.05, 4.69) is 0 Å². The number of alkyl halides is 4. The molecule has 1 saturated carbocycles. The van der Waals surface area contributed by atoms with Crippen LogP contribution in [0.5, 0.6) is 0 Å². The van der Waals surface area contributed by atoms with E-state index in [1.165, 1.54) is 23.1 Å². The summed E-state index contributed by atoms with van der Waals surface area (Å²) >= 11 is 5.72. The smallest absolute Gasteiger partial charge is 0.334 e. The van der Waals surface area contributed by atoms with Crippen LogP contribution in [0.25, 0.3) is 0 Å². The van der Waals surface area contributed by atoms with Crippen LogP contribution in [-0.2, 0) is 6.18 Å². The zero-order valence-electron chi connectivity index (χ0n) is 11.5. The first-order valence-electron chi connectivity index (χ1n) is 6.98. The minimum atomic E-state index is -4.53. The van der Waals surface area contributed by atoms with Crippen LogP contribution in [0.2, 0.25) is 0 Å². The summed E-state index contributed by atoms with van der Waals surface area (Å²) in [6, 6.07) is 4.93. The molecule has 1 aliphatic rings. The summed E-state index contributed by atoms with van der Waals surface area (Å²) in [4.78, 5) is 14.1.